The first-order valence-electron chi connectivity index (χ1n) is 8.34. The van der Waals surface area contributed by atoms with Gasteiger partial charge in [0.1, 0.15) is 5.75 Å². The van der Waals surface area contributed by atoms with Crippen molar-refractivity contribution in [3.63, 3.8) is 0 Å². The fourth-order valence-corrected chi connectivity index (χ4v) is 3.11. The fraction of sp³-hybridized carbons (Fsp3) is 0.611. The molecule has 5 nitrogen and oxygen atoms in total. The average molecular weight is 319 g/mol. The quantitative estimate of drug-likeness (QED) is 0.854. The van der Waals surface area contributed by atoms with Crippen LogP contribution in [0.2, 0.25) is 0 Å². The van der Waals surface area contributed by atoms with E-state index in [4.69, 9.17) is 14.2 Å². The van der Waals surface area contributed by atoms with Gasteiger partial charge in [-0.2, -0.15) is 0 Å². The number of carbonyl (C=O) groups excluding carboxylic acids is 1. The summed E-state index contributed by atoms with van der Waals surface area (Å²) >= 11 is 0. The summed E-state index contributed by atoms with van der Waals surface area (Å²) < 4.78 is 16.8. The predicted octanol–water partition coefficient (Wildman–Crippen LogP) is 2.29. The van der Waals surface area contributed by atoms with Gasteiger partial charge in [0.05, 0.1) is 13.2 Å². The molecule has 0 aliphatic carbocycles. The van der Waals surface area contributed by atoms with E-state index >= 15 is 0 Å². The molecule has 3 rings (SSSR count). The van der Waals surface area contributed by atoms with Crippen LogP contribution in [-0.2, 0) is 14.3 Å². The van der Waals surface area contributed by atoms with Crippen molar-refractivity contribution >= 4 is 5.91 Å². The SMILES string of the molecule is Cc1ccc(OCC(=O)N2CCC(C3OCCO3)CC2)cc1C. The molecule has 0 saturated carbocycles. The second kappa shape index (κ2) is 7.32. The summed E-state index contributed by atoms with van der Waals surface area (Å²) in [5.74, 6) is 1.21. The molecule has 2 aliphatic rings. The Morgan fingerprint density at radius 3 is 2.52 bits per heavy atom. The smallest absolute Gasteiger partial charge is 0.260 e. The van der Waals surface area contributed by atoms with Gasteiger partial charge in [-0.3, -0.25) is 4.79 Å². The highest BCUT2D eigenvalue weighted by Gasteiger charge is 2.31. The topological polar surface area (TPSA) is 48.0 Å². The van der Waals surface area contributed by atoms with Crippen molar-refractivity contribution in [2.24, 2.45) is 5.92 Å². The molecular formula is C18H25NO4. The number of rotatable bonds is 4. The normalized spacial score (nSPS) is 20.0. The summed E-state index contributed by atoms with van der Waals surface area (Å²) in [6.07, 6.45) is 1.79. The van der Waals surface area contributed by atoms with Crippen LogP contribution in [0.4, 0.5) is 0 Å². The number of aryl methyl sites for hydroxylation is 2. The molecule has 0 N–H and O–H groups in total. The van der Waals surface area contributed by atoms with Gasteiger partial charge < -0.3 is 19.1 Å². The maximum Gasteiger partial charge on any atom is 0.260 e. The van der Waals surface area contributed by atoms with Crippen LogP contribution in [0.15, 0.2) is 18.2 Å². The van der Waals surface area contributed by atoms with Crippen LogP contribution in [0, 0.1) is 19.8 Å². The summed E-state index contributed by atoms with van der Waals surface area (Å²) in [4.78, 5) is 14.2. The number of carbonyl (C=O) groups is 1. The third-order valence-electron chi connectivity index (χ3n) is 4.77. The molecule has 1 amide bonds. The van der Waals surface area contributed by atoms with E-state index in [1.165, 1.54) is 11.1 Å². The van der Waals surface area contributed by atoms with Crippen LogP contribution >= 0.6 is 0 Å². The predicted molar refractivity (Wildman–Crippen MR) is 86.4 cm³/mol. The lowest BCUT2D eigenvalue weighted by atomic mass is 9.96. The monoisotopic (exact) mass is 319 g/mol. The number of likely N-dealkylation sites (tertiary alicyclic amines) is 1. The molecule has 0 radical (unpaired) electrons. The summed E-state index contributed by atoms with van der Waals surface area (Å²) in [5.41, 5.74) is 2.40. The van der Waals surface area contributed by atoms with Gasteiger partial charge in [-0.25, -0.2) is 0 Å². The number of hydrogen-bond donors (Lipinski definition) is 0. The van der Waals surface area contributed by atoms with Gasteiger partial charge in [-0.05, 0) is 49.9 Å². The minimum Gasteiger partial charge on any atom is -0.484 e. The van der Waals surface area contributed by atoms with E-state index < -0.39 is 0 Å². The zero-order chi connectivity index (χ0) is 16.2. The Balaban J connectivity index is 1.44. The molecule has 23 heavy (non-hydrogen) atoms. The van der Waals surface area contributed by atoms with Gasteiger partial charge >= 0.3 is 0 Å². The Bertz CT molecular complexity index is 546. The van der Waals surface area contributed by atoms with Gasteiger partial charge in [0.15, 0.2) is 12.9 Å². The van der Waals surface area contributed by atoms with E-state index in [-0.39, 0.29) is 18.8 Å². The fourth-order valence-electron chi connectivity index (χ4n) is 3.11. The molecule has 5 heteroatoms. The largest absolute Gasteiger partial charge is 0.484 e. The molecule has 0 spiro atoms. The zero-order valence-corrected chi connectivity index (χ0v) is 13.9. The highest BCUT2D eigenvalue weighted by Crippen LogP contribution is 2.26. The van der Waals surface area contributed by atoms with E-state index in [2.05, 4.69) is 6.92 Å². The highest BCUT2D eigenvalue weighted by atomic mass is 16.7. The Hall–Kier alpha value is -1.59. The molecule has 1 aromatic carbocycles. The van der Waals surface area contributed by atoms with Crippen LogP contribution in [0.25, 0.3) is 0 Å². The molecule has 0 aromatic heterocycles. The Morgan fingerprint density at radius 1 is 1.17 bits per heavy atom. The molecule has 0 bridgehead atoms. The second-order valence-electron chi connectivity index (χ2n) is 6.36. The Labute approximate surface area is 137 Å². The highest BCUT2D eigenvalue weighted by molar-refractivity contribution is 5.77. The molecule has 126 valence electrons. The summed E-state index contributed by atoms with van der Waals surface area (Å²) in [6, 6.07) is 5.91. The summed E-state index contributed by atoms with van der Waals surface area (Å²) in [7, 11) is 0. The lowest BCUT2D eigenvalue weighted by Gasteiger charge is -2.33. The first-order chi connectivity index (χ1) is 11.1. The standard InChI is InChI=1S/C18H25NO4/c1-13-3-4-16(11-14(13)2)23-12-17(20)19-7-5-15(6-8-19)18-21-9-10-22-18/h3-4,11,15,18H,5-10,12H2,1-2H3. The van der Waals surface area contributed by atoms with E-state index in [1.807, 2.05) is 30.0 Å². The van der Waals surface area contributed by atoms with Crippen molar-refractivity contribution in [2.45, 2.75) is 33.0 Å². The zero-order valence-electron chi connectivity index (χ0n) is 13.9. The van der Waals surface area contributed by atoms with Gasteiger partial charge in [-0.1, -0.05) is 6.07 Å². The average Bonchev–Trinajstić information content (AvgIpc) is 3.10. The van der Waals surface area contributed by atoms with Crippen molar-refractivity contribution < 1.29 is 19.0 Å². The van der Waals surface area contributed by atoms with Crippen LogP contribution in [0.1, 0.15) is 24.0 Å². The minimum atomic E-state index is -0.0703. The number of hydrogen-bond acceptors (Lipinski definition) is 4. The van der Waals surface area contributed by atoms with Crippen molar-refractivity contribution in [1.29, 1.82) is 0 Å². The van der Waals surface area contributed by atoms with Crippen molar-refractivity contribution in [2.75, 3.05) is 32.9 Å². The molecule has 2 fully saturated rings. The summed E-state index contributed by atoms with van der Waals surface area (Å²) in [6.45, 7) is 7.09. The van der Waals surface area contributed by atoms with Crippen LogP contribution in [0.5, 0.6) is 5.75 Å². The molecular weight excluding hydrogens is 294 g/mol. The molecule has 0 unspecified atom stereocenters. The van der Waals surface area contributed by atoms with E-state index in [0.29, 0.717) is 19.1 Å². The molecule has 2 aliphatic heterocycles. The van der Waals surface area contributed by atoms with Crippen molar-refractivity contribution in [3.05, 3.63) is 29.3 Å². The molecule has 1 aromatic rings. The van der Waals surface area contributed by atoms with Gasteiger partial charge in [-0.15, -0.1) is 0 Å². The first-order valence-corrected chi connectivity index (χ1v) is 8.34. The van der Waals surface area contributed by atoms with E-state index in [1.54, 1.807) is 0 Å². The first kappa shape index (κ1) is 16.3. The third kappa shape index (κ3) is 4.03. The van der Waals surface area contributed by atoms with Crippen molar-refractivity contribution in [3.8, 4) is 5.75 Å². The number of nitrogens with zero attached hydrogens (tertiary/aromatic N) is 1. The second-order valence-corrected chi connectivity index (χ2v) is 6.36. The van der Waals surface area contributed by atoms with Gasteiger partial charge in [0.25, 0.3) is 5.91 Å². The summed E-state index contributed by atoms with van der Waals surface area (Å²) in [5, 5.41) is 0. The van der Waals surface area contributed by atoms with E-state index in [0.717, 1.165) is 31.7 Å². The number of benzene rings is 1. The van der Waals surface area contributed by atoms with Crippen LogP contribution < -0.4 is 4.74 Å². The van der Waals surface area contributed by atoms with Crippen molar-refractivity contribution in [1.82, 2.24) is 4.90 Å². The Kier molecular flexibility index (Phi) is 5.18. The maximum absolute atomic E-state index is 12.3. The lowest BCUT2D eigenvalue weighted by Crippen LogP contribution is -2.43. The van der Waals surface area contributed by atoms with Crippen LogP contribution in [-0.4, -0.2) is 50.0 Å². The number of amides is 1. The molecule has 0 atom stereocenters. The maximum atomic E-state index is 12.3. The minimum absolute atomic E-state index is 0.0509. The molecule has 2 heterocycles. The molecule has 2 saturated heterocycles. The van der Waals surface area contributed by atoms with E-state index in [9.17, 15) is 4.79 Å². The Morgan fingerprint density at radius 2 is 1.87 bits per heavy atom. The number of piperidine rings is 1. The van der Waals surface area contributed by atoms with Gasteiger partial charge in [0.2, 0.25) is 0 Å². The number of ether oxygens (including phenoxy) is 3. The van der Waals surface area contributed by atoms with Gasteiger partial charge in [0, 0.05) is 19.0 Å². The van der Waals surface area contributed by atoms with Crippen LogP contribution in [0.3, 0.4) is 0 Å². The third-order valence-corrected chi connectivity index (χ3v) is 4.77. The lowest BCUT2D eigenvalue weighted by molar-refractivity contribution is -0.138.